The summed E-state index contributed by atoms with van der Waals surface area (Å²) in [6.45, 7) is 3.81. The SMILES string of the molecule is COc1ccc(F)cc1-c1csc(NC(=O)Cc2c(C)nn(C)c2C)n1. The third-order valence-electron chi connectivity index (χ3n) is 4.18. The Morgan fingerprint density at radius 2 is 2.15 bits per heavy atom. The Kier molecular flexibility index (Phi) is 5.03. The number of amides is 1. The molecule has 0 bridgehead atoms. The van der Waals surface area contributed by atoms with E-state index in [1.165, 1.54) is 30.6 Å². The van der Waals surface area contributed by atoms with Crippen LogP contribution >= 0.6 is 11.3 Å². The fraction of sp³-hybridized carbons (Fsp3) is 0.278. The number of ether oxygens (including phenoxy) is 1. The summed E-state index contributed by atoms with van der Waals surface area (Å²) in [5, 5.41) is 9.32. The number of nitrogens with one attached hydrogen (secondary N) is 1. The van der Waals surface area contributed by atoms with Crippen LogP contribution in [-0.4, -0.2) is 27.8 Å². The lowest BCUT2D eigenvalue weighted by Gasteiger charge is -2.06. The van der Waals surface area contributed by atoms with Crippen molar-refractivity contribution >= 4 is 22.4 Å². The van der Waals surface area contributed by atoms with Crippen molar-refractivity contribution in [1.82, 2.24) is 14.8 Å². The molecule has 6 nitrogen and oxygen atoms in total. The van der Waals surface area contributed by atoms with Crippen LogP contribution in [0.15, 0.2) is 23.6 Å². The minimum Gasteiger partial charge on any atom is -0.496 e. The topological polar surface area (TPSA) is 69.0 Å². The Morgan fingerprint density at radius 3 is 2.81 bits per heavy atom. The highest BCUT2D eigenvalue weighted by molar-refractivity contribution is 7.14. The van der Waals surface area contributed by atoms with E-state index in [1.807, 2.05) is 20.9 Å². The number of anilines is 1. The minimum absolute atomic E-state index is 0.170. The summed E-state index contributed by atoms with van der Waals surface area (Å²) >= 11 is 1.28. The van der Waals surface area contributed by atoms with Crippen molar-refractivity contribution in [3.05, 3.63) is 46.3 Å². The van der Waals surface area contributed by atoms with E-state index in [9.17, 15) is 9.18 Å². The Balaban J connectivity index is 1.76. The van der Waals surface area contributed by atoms with Gasteiger partial charge in [-0.3, -0.25) is 9.48 Å². The average molecular weight is 374 g/mol. The molecule has 1 amide bonds. The molecule has 1 N–H and O–H groups in total. The molecule has 0 atom stereocenters. The molecule has 26 heavy (non-hydrogen) atoms. The van der Waals surface area contributed by atoms with Gasteiger partial charge in [-0.05, 0) is 32.0 Å². The zero-order chi connectivity index (χ0) is 18.8. The lowest BCUT2D eigenvalue weighted by Crippen LogP contribution is -2.15. The van der Waals surface area contributed by atoms with Crippen molar-refractivity contribution in [2.75, 3.05) is 12.4 Å². The zero-order valence-corrected chi connectivity index (χ0v) is 15.8. The molecule has 3 aromatic rings. The van der Waals surface area contributed by atoms with E-state index >= 15 is 0 Å². The third-order valence-corrected chi connectivity index (χ3v) is 4.94. The van der Waals surface area contributed by atoms with Gasteiger partial charge in [0.15, 0.2) is 5.13 Å². The van der Waals surface area contributed by atoms with E-state index in [0.29, 0.717) is 22.1 Å². The second-order valence-corrected chi connectivity index (χ2v) is 6.74. The number of aryl methyl sites for hydroxylation is 2. The first-order valence-corrected chi connectivity index (χ1v) is 8.85. The molecule has 0 radical (unpaired) electrons. The van der Waals surface area contributed by atoms with Crippen molar-refractivity contribution in [3.63, 3.8) is 0 Å². The van der Waals surface area contributed by atoms with Crippen molar-refractivity contribution < 1.29 is 13.9 Å². The third kappa shape index (κ3) is 3.60. The maximum Gasteiger partial charge on any atom is 0.230 e. The van der Waals surface area contributed by atoms with Crippen LogP contribution in [0.5, 0.6) is 5.75 Å². The summed E-state index contributed by atoms with van der Waals surface area (Å²) in [6.07, 6.45) is 0.226. The molecule has 2 heterocycles. The smallest absolute Gasteiger partial charge is 0.230 e. The zero-order valence-electron chi connectivity index (χ0n) is 15.0. The summed E-state index contributed by atoms with van der Waals surface area (Å²) in [5.74, 6) is -0.0191. The molecule has 0 saturated heterocycles. The van der Waals surface area contributed by atoms with Gasteiger partial charge in [-0.2, -0.15) is 5.10 Å². The molecule has 0 spiro atoms. The number of carbonyl (C=O) groups is 1. The number of hydrogen-bond donors (Lipinski definition) is 1. The van der Waals surface area contributed by atoms with Crippen LogP contribution < -0.4 is 10.1 Å². The number of rotatable bonds is 5. The van der Waals surface area contributed by atoms with Crippen LogP contribution in [0.4, 0.5) is 9.52 Å². The molecule has 136 valence electrons. The van der Waals surface area contributed by atoms with E-state index in [1.54, 1.807) is 16.1 Å². The fourth-order valence-corrected chi connectivity index (χ4v) is 3.46. The molecule has 0 aliphatic carbocycles. The van der Waals surface area contributed by atoms with E-state index in [2.05, 4.69) is 15.4 Å². The van der Waals surface area contributed by atoms with Gasteiger partial charge in [-0.25, -0.2) is 9.37 Å². The monoisotopic (exact) mass is 374 g/mol. The number of nitrogens with zero attached hydrogens (tertiary/aromatic N) is 3. The molecule has 1 aromatic carbocycles. The Labute approximate surface area is 154 Å². The predicted molar refractivity (Wildman–Crippen MR) is 99.1 cm³/mol. The summed E-state index contributed by atoms with van der Waals surface area (Å²) in [4.78, 5) is 16.7. The summed E-state index contributed by atoms with van der Waals surface area (Å²) in [7, 11) is 3.37. The maximum atomic E-state index is 13.5. The van der Waals surface area contributed by atoms with Gasteiger partial charge in [0, 0.05) is 29.2 Å². The molecule has 3 rings (SSSR count). The van der Waals surface area contributed by atoms with Crippen LogP contribution in [0.2, 0.25) is 0 Å². The Hall–Kier alpha value is -2.74. The number of hydrogen-bond acceptors (Lipinski definition) is 5. The van der Waals surface area contributed by atoms with E-state index in [-0.39, 0.29) is 18.1 Å². The van der Waals surface area contributed by atoms with Gasteiger partial charge in [0.05, 0.1) is 24.9 Å². The van der Waals surface area contributed by atoms with E-state index < -0.39 is 0 Å². The van der Waals surface area contributed by atoms with Gasteiger partial charge < -0.3 is 10.1 Å². The second kappa shape index (κ2) is 7.25. The van der Waals surface area contributed by atoms with Crippen molar-refractivity contribution in [3.8, 4) is 17.0 Å². The average Bonchev–Trinajstić information content (AvgIpc) is 3.15. The van der Waals surface area contributed by atoms with Crippen LogP contribution in [0.3, 0.4) is 0 Å². The molecule has 2 aromatic heterocycles. The number of methoxy groups -OCH3 is 1. The molecule has 0 aliphatic heterocycles. The molecule has 0 fully saturated rings. The number of halogens is 1. The first kappa shape index (κ1) is 18.1. The van der Waals surface area contributed by atoms with Crippen LogP contribution in [-0.2, 0) is 18.3 Å². The highest BCUT2D eigenvalue weighted by atomic mass is 32.1. The van der Waals surface area contributed by atoms with E-state index in [4.69, 9.17) is 4.74 Å². The Bertz CT molecular complexity index is 964. The summed E-state index contributed by atoms with van der Waals surface area (Å²) < 4.78 is 20.6. The summed E-state index contributed by atoms with van der Waals surface area (Å²) in [6, 6.07) is 4.24. The lowest BCUT2D eigenvalue weighted by molar-refractivity contribution is -0.115. The molecular weight excluding hydrogens is 355 g/mol. The summed E-state index contributed by atoms with van der Waals surface area (Å²) in [5.41, 5.74) is 3.80. The van der Waals surface area contributed by atoms with Gasteiger partial charge in [0.1, 0.15) is 11.6 Å². The number of thiazole rings is 1. The molecule has 0 unspecified atom stereocenters. The number of carbonyl (C=O) groups excluding carboxylic acids is 1. The molecule has 8 heteroatoms. The van der Waals surface area contributed by atoms with Gasteiger partial charge in [-0.1, -0.05) is 0 Å². The molecule has 0 saturated carbocycles. The van der Waals surface area contributed by atoms with Gasteiger partial charge in [0.2, 0.25) is 5.91 Å². The minimum atomic E-state index is -0.373. The highest BCUT2D eigenvalue weighted by Gasteiger charge is 2.16. The van der Waals surface area contributed by atoms with E-state index in [0.717, 1.165) is 17.0 Å². The first-order chi connectivity index (χ1) is 12.4. The maximum absolute atomic E-state index is 13.5. The quantitative estimate of drug-likeness (QED) is 0.742. The van der Waals surface area contributed by atoms with Gasteiger partial charge >= 0.3 is 0 Å². The fourth-order valence-electron chi connectivity index (χ4n) is 2.73. The standard InChI is InChI=1S/C18H19FN4O2S/c1-10-13(11(2)23(3)22-10)8-17(24)21-18-20-15(9-26-18)14-7-12(19)5-6-16(14)25-4/h5-7,9H,8H2,1-4H3,(H,20,21,24). The number of benzene rings is 1. The molecular formula is C18H19FN4O2S. The normalized spacial score (nSPS) is 10.8. The van der Waals surface area contributed by atoms with Crippen molar-refractivity contribution in [2.24, 2.45) is 7.05 Å². The Morgan fingerprint density at radius 1 is 1.38 bits per heavy atom. The number of aromatic nitrogens is 3. The van der Waals surface area contributed by atoms with Crippen LogP contribution in [0.1, 0.15) is 17.0 Å². The molecule has 0 aliphatic rings. The predicted octanol–water partition coefficient (Wildman–Crippen LogP) is 3.49. The largest absolute Gasteiger partial charge is 0.496 e. The second-order valence-electron chi connectivity index (χ2n) is 5.88. The lowest BCUT2D eigenvalue weighted by atomic mass is 10.1. The van der Waals surface area contributed by atoms with Crippen LogP contribution in [0.25, 0.3) is 11.3 Å². The first-order valence-electron chi connectivity index (χ1n) is 7.97. The van der Waals surface area contributed by atoms with Gasteiger partial charge in [-0.15, -0.1) is 11.3 Å². The van der Waals surface area contributed by atoms with Gasteiger partial charge in [0.25, 0.3) is 0 Å². The highest BCUT2D eigenvalue weighted by Crippen LogP contribution is 2.32. The van der Waals surface area contributed by atoms with Crippen molar-refractivity contribution in [1.29, 1.82) is 0 Å². The van der Waals surface area contributed by atoms with Crippen LogP contribution in [0, 0.1) is 19.7 Å². The van der Waals surface area contributed by atoms with Crippen molar-refractivity contribution in [2.45, 2.75) is 20.3 Å².